The Bertz CT molecular complexity index is 150. The van der Waals surface area contributed by atoms with Crippen molar-refractivity contribution in [1.29, 1.82) is 0 Å². The molecule has 0 aromatic carbocycles. The van der Waals surface area contributed by atoms with E-state index in [0.29, 0.717) is 12.8 Å². The van der Waals surface area contributed by atoms with Gasteiger partial charge >= 0.3 is 6.18 Å². The summed E-state index contributed by atoms with van der Waals surface area (Å²) in [7, 11) is 0. The first kappa shape index (κ1) is 8.84. The van der Waals surface area contributed by atoms with Crippen LogP contribution in [0.15, 0.2) is 0 Å². The Kier molecular flexibility index (Phi) is 1.90. The van der Waals surface area contributed by atoms with Gasteiger partial charge in [-0.15, -0.1) is 0 Å². The van der Waals surface area contributed by atoms with Crippen molar-refractivity contribution >= 4 is 0 Å². The van der Waals surface area contributed by atoms with E-state index in [2.05, 4.69) is 0 Å². The number of hydrogen-bond acceptors (Lipinski definition) is 1. The molecular weight excluding hydrogens is 155 g/mol. The first-order chi connectivity index (χ1) is 4.92. The minimum absolute atomic E-state index is 0.229. The first-order valence-electron chi connectivity index (χ1n) is 3.68. The summed E-state index contributed by atoms with van der Waals surface area (Å²) in [5.74, 6) is -0.229. The standard InChI is InChI=1S/C7H12F3N/c1-6(4-11,5-2-3-5)7(8,9)10/h5H,2-4,11H2,1H3. The molecule has 1 atom stereocenters. The van der Waals surface area contributed by atoms with Gasteiger partial charge in [0.25, 0.3) is 0 Å². The second kappa shape index (κ2) is 2.37. The van der Waals surface area contributed by atoms with Gasteiger partial charge in [0.05, 0.1) is 5.41 Å². The zero-order valence-electron chi connectivity index (χ0n) is 6.41. The van der Waals surface area contributed by atoms with Gasteiger partial charge < -0.3 is 5.73 Å². The zero-order chi connectivity index (χ0) is 8.70. The Morgan fingerprint density at radius 1 is 1.36 bits per heavy atom. The van der Waals surface area contributed by atoms with Gasteiger partial charge in [0.1, 0.15) is 0 Å². The molecule has 1 saturated carbocycles. The minimum atomic E-state index is -4.14. The molecular formula is C7H12F3N. The van der Waals surface area contributed by atoms with Crippen LogP contribution in [0.2, 0.25) is 0 Å². The van der Waals surface area contributed by atoms with E-state index in [0.717, 1.165) is 0 Å². The van der Waals surface area contributed by atoms with Gasteiger partial charge in [-0.05, 0) is 25.7 Å². The highest BCUT2D eigenvalue weighted by Gasteiger charge is 2.58. The van der Waals surface area contributed by atoms with Gasteiger partial charge in [-0.2, -0.15) is 13.2 Å². The molecule has 1 aliphatic carbocycles. The van der Waals surface area contributed by atoms with Crippen LogP contribution in [0, 0.1) is 11.3 Å². The third-order valence-corrected chi connectivity index (χ3v) is 2.55. The molecule has 0 aromatic heterocycles. The Balaban J connectivity index is 2.73. The topological polar surface area (TPSA) is 26.0 Å². The Labute approximate surface area is 63.8 Å². The number of hydrogen-bond donors (Lipinski definition) is 1. The van der Waals surface area contributed by atoms with E-state index in [1.54, 1.807) is 0 Å². The molecule has 0 heterocycles. The van der Waals surface area contributed by atoms with Crippen LogP contribution in [0.3, 0.4) is 0 Å². The predicted octanol–water partition coefficient (Wildman–Crippen LogP) is 1.92. The van der Waals surface area contributed by atoms with Crippen LogP contribution in [-0.4, -0.2) is 12.7 Å². The second-order valence-corrected chi connectivity index (χ2v) is 3.39. The van der Waals surface area contributed by atoms with Crippen molar-refractivity contribution in [3.8, 4) is 0 Å². The average molecular weight is 167 g/mol. The normalized spacial score (nSPS) is 24.8. The van der Waals surface area contributed by atoms with E-state index in [1.165, 1.54) is 6.92 Å². The lowest BCUT2D eigenvalue weighted by Gasteiger charge is -2.30. The fourth-order valence-corrected chi connectivity index (χ4v) is 1.23. The predicted molar refractivity (Wildman–Crippen MR) is 35.9 cm³/mol. The SMILES string of the molecule is CC(CN)(C1CC1)C(F)(F)F. The number of rotatable bonds is 2. The summed E-state index contributed by atoms with van der Waals surface area (Å²) in [6.07, 6.45) is -2.79. The number of nitrogens with two attached hydrogens (primary N) is 1. The van der Waals surface area contributed by atoms with Crippen LogP contribution >= 0.6 is 0 Å². The zero-order valence-corrected chi connectivity index (χ0v) is 6.41. The maximum atomic E-state index is 12.3. The van der Waals surface area contributed by atoms with Crippen molar-refractivity contribution in [2.24, 2.45) is 17.1 Å². The largest absolute Gasteiger partial charge is 0.395 e. The molecule has 0 amide bonds. The molecule has 1 nitrogen and oxygen atoms in total. The smallest absolute Gasteiger partial charge is 0.330 e. The lowest BCUT2D eigenvalue weighted by molar-refractivity contribution is -0.221. The van der Waals surface area contributed by atoms with E-state index < -0.39 is 11.6 Å². The van der Waals surface area contributed by atoms with Gasteiger partial charge in [0, 0.05) is 6.54 Å². The molecule has 0 saturated heterocycles. The van der Waals surface area contributed by atoms with Crippen molar-refractivity contribution in [3.05, 3.63) is 0 Å². The molecule has 2 N–H and O–H groups in total. The van der Waals surface area contributed by atoms with E-state index >= 15 is 0 Å². The van der Waals surface area contributed by atoms with Crippen molar-refractivity contribution in [2.45, 2.75) is 25.9 Å². The fourth-order valence-electron chi connectivity index (χ4n) is 1.23. The van der Waals surface area contributed by atoms with Crippen molar-refractivity contribution < 1.29 is 13.2 Å². The van der Waals surface area contributed by atoms with Gasteiger partial charge in [0.2, 0.25) is 0 Å². The monoisotopic (exact) mass is 167 g/mol. The summed E-state index contributed by atoms with van der Waals surface area (Å²) < 4.78 is 36.9. The summed E-state index contributed by atoms with van der Waals surface area (Å²) in [6.45, 7) is 0.922. The molecule has 1 aliphatic rings. The maximum Gasteiger partial charge on any atom is 0.395 e. The highest BCUT2D eigenvalue weighted by molar-refractivity contribution is 4.96. The van der Waals surface area contributed by atoms with Gasteiger partial charge in [-0.25, -0.2) is 0 Å². The first-order valence-corrected chi connectivity index (χ1v) is 3.68. The fraction of sp³-hybridized carbons (Fsp3) is 1.00. The quantitative estimate of drug-likeness (QED) is 0.668. The Morgan fingerprint density at radius 3 is 1.91 bits per heavy atom. The van der Waals surface area contributed by atoms with Gasteiger partial charge in [0.15, 0.2) is 0 Å². The summed E-state index contributed by atoms with van der Waals surface area (Å²) in [5.41, 5.74) is 3.48. The van der Waals surface area contributed by atoms with E-state index in [-0.39, 0.29) is 12.5 Å². The number of halogens is 3. The third-order valence-electron chi connectivity index (χ3n) is 2.55. The molecule has 0 spiro atoms. The number of alkyl halides is 3. The van der Waals surface area contributed by atoms with Crippen molar-refractivity contribution in [1.82, 2.24) is 0 Å². The molecule has 1 fully saturated rings. The lowest BCUT2D eigenvalue weighted by atomic mass is 9.84. The van der Waals surface area contributed by atoms with Crippen molar-refractivity contribution in [3.63, 3.8) is 0 Å². The lowest BCUT2D eigenvalue weighted by Crippen LogP contribution is -2.43. The van der Waals surface area contributed by atoms with Gasteiger partial charge in [-0.1, -0.05) is 0 Å². The second-order valence-electron chi connectivity index (χ2n) is 3.39. The highest BCUT2D eigenvalue weighted by Crippen LogP contribution is 2.53. The summed E-state index contributed by atoms with van der Waals surface area (Å²) in [5, 5.41) is 0. The molecule has 1 unspecified atom stereocenters. The maximum absolute atomic E-state index is 12.3. The highest BCUT2D eigenvalue weighted by atomic mass is 19.4. The Morgan fingerprint density at radius 2 is 1.82 bits per heavy atom. The van der Waals surface area contributed by atoms with Crippen LogP contribution in [0.5, 0.6) is 0 Å². The molecule has 0 radical (unpaired) electrons. The van der Waals surface area contributed by atoms with Crippen LogP contribution in [-0.2, 0) is 0 Å². The summed E-state index contributed by atoms with van der Waals surface area (Å²) in [4.78, 5) is 0. The minimum Gasteiger partial charge on any atom is -0.330 e. The molecule has 66 valence electrons. The molecule has 11 heavy (non-hydrogen) atoms. The molecule has 0 bridgehead atoms. The van der Waals surface area contributed by atoms with Crippen LogP contribution in [0.1, 0.15) is 19.8 Å². The van der Waals surface area contributed by atoms with E-state index in [1.807, 2.05) is 0 Å². The van der Waals surface area contributed by atoms with E-state index in [9.17, 15) is 13.2 Å². The molecule has 0 aromatic rings. The molecule has 4 heteroatoms. The summed E-state index contributed by atoms with van der Waals surface area (Å²) in [6, 6.07) is 0. The van der Waals surface area contributed by atoms with Crippen molar-refractivity contribution in [2.75, 3.05) is 6.54 Å². The van der Waals surface area contributed by atoms with Crippen LogP contribution < -0.4 is 5.73 Å². The van der Waals surface area contributed by atoms with Gasteiger partial charge in [-0.3, -0.25) is 0 Å². The average Bonchev–Trinajstić information content (AvgIpc) is 2.64. The molecule has 1 rings (SSSR count). The molecule has 0 aliphatic heterocycles. The van der Waals surface area contributed by atoms with Crippen LogP contribution in [0.4, 0.5) is 13.2 Å². The third kappa shape index (κ3) is 1.36. The summed E-state index contributed by atoms with van der Waals surface area (Å²) >= 11 is 0. The van der Waals surface area contributed by atoms with Crippen LogP contribution in [0.25, 0.3) is 0 Å². The van der Waals surface area contributed by atoms with E-state index in [4.69, 9.17) is 5.73 Å². The Hall–Kier alpha value is -0.250.